The highest BCUT2D eigenvalue weighted by Gasteiger charge is 2.30. The molecule has 2 aromatic rings. The number of nitrogens with zero attached hydrogens (tertiary/aromatic N) is 1. The molecule has 3 rings (SSSR count). The van der Waals surface area contributed by atoms with Crippen LogP contribution in [0.15, 0.2) is 34.7 Å². The van der Waals surface area contributed by atoms with Crippen molar-refractivity contribution >= 4 is 0 Å². The summed E-state index contributed by atoms with van der Waals surface area (Å²) in [5.41, 5.74) is 0. The van der Waals surface area contributed by atoms with Gasteiger partial charge < -0.3 is 23.7 Å². The van der Waals surface area contributed by atoms with E-state index < -0.39 is 6.10 Å². The van der Waals surface area contributed by atoms with Crippen LogP contribution in [0, 0.1) is 0 Å². The number of ether oxygens (including phenoxy) is 3. The van der Waals surface area contributed by atoms with E-state index in [0.29, 0.717) is 30.3 Å². The van der Waals surface area contributed by atoms with Crippen LogP contribution in [0.25, 0.3) is 0 Å². The molecule has 6 nitrogen and oxygen atoms in total. The van der Waals surface area contributed by atoms with Crippen molar-refractivity contribution in [3.05, 3.63) is 41.9 Å². The molecule has 2 atom stereocenters. The summed E-state index contributed by atoms with van der Waals surface area (Å²) in [5.74, 6) is 3.91. The molecule has 6 heteroatoms. The van der Waals surface area contributed by atoms with Gasteiger partial charge in [0, 0.05) is 25.6 Å². The van der Waals surface area contributed by atoms with Gasteiger partial charge in [0.15, 0.2) is 11.5 Å². The Morgan fingerprint density at radius 1 is 1.11 bits per heavy atom. The molecule has 148 valence electrons. The molecule has 0 radical (unpaired) electrons. The zero-order valence-electron chi connectivity index (χ0n) is 16.3. The van der Waals surface area contributed by atoms with Crippen molar-refractivity contribution in [2.24, 2.45) is 0 Å². The lowest BCUT2D eigenvalue weighted by Crippen LogP contribution is -2.48. The van der Waals surface area contributed by atoms with Crippen molar-refractivity contribution in [2.75, 3.05) is 27.3 Å². The van der Waals surface area contributed by atoms with Gasteiger partial charge in [0.1, 0.15) is 29.5 Å². The quantitative estimate of drug-likeness (QED) is 0.764. The van der Waals surface area contributed by atoms with Crippen molar-refractivity contribution < 1.29 is 23.7 Å². The molecule has 1 saturated heterocycles. The minimum absolute atomic E-state index is 0.244. The van der Waals surface area contributed by atoms with Crippen LogP contribution in [0.5, 0.6) is 17.2 Å². The summed E-state index contributed by atoms with van der Waals surface area (Å²) in [5, 5.41) is 10.5. The predicted molar refractivity (Wildman–Crippen MR) is 103 cm³/mol. The van der Waals surface area contributed by atoms with Crippen LogP contribution in [-0.2, 0) is 13.0 Å². The van der Waals surface area contributed by atoms with E-state index in [1.165, 1.54) is 0 Å². The van der Waals surface area contributed by atoms with Crippen molar-refractivity contribution in [1.82, 2.24) is 4.90 Å². The van der Waals surface area contributed by atoms with Crippen molar-refractivity contribution in [2.45, 2.75) is 44.9 Å². The Morgan fingerprint density at radius 2 is 1.89 bits per heavy atom. The molecule has 2 heterocycles. The minimum atomic E-state index is -0.558. The number of aliphatic hydroxyl groups is 1. The number of rotatable bonds is 8. The summed E-state index contributed by atoms with van der Waals surface area (Å²) in [6.07, 6.45) is 1.98. The van der Waals surface area contributed by atoms with Crippen LogP contribution in [-0.4, -0.2) is 49.5 Å². The van der Waals surface area contributed by atoms with Gasteiger partial charge >= 0.3 is 0 Å². The Hall–Kier alpha value is -2.18. The lowest BCUT2D eigenvalue weighted by Gasteiger charge is -2.35. The molecule has 0 bridgehead atoms. The summed E-state index contributed by atoms with van der Waals surface area (Å²) in [6, 6.07) is 9.50. The molecule has 1 aliphatic rings. The van der Waals surface area contributed by atoms with Crippen LogP contribution in [0.3, 0.4) is 0 Å². The number of likely N-dealkylation sites (tertiary alicyclic amines) is 1. The Bertz CT molecular complexity index is 729. The second kappa shape index (κ2) is 9.15. The Balaban J connectivity index is 1.55. The van der Waals surface area contributed by atoms with Crippen LogP contribution in [0.4, 0.5) is 0 Å². The maximum absolute atomic E-state index is 10.5. The first-order valence-corrected chi connectivity index (χ1v) is 9.49. The van der Waals surface area contributed by atoms with E-state index in [9.17, 15) is 5.11 Å². The molecule has 0 saturated carbocycles. The number of aryl methyl sites for hydroxylation is 1. The topological polar surface area (TPSA) is 64.3 Å². The summed E-state index contributed by atoms with van der Waals surface area (Å²) in [4.78, 5) is 2.20. The lowest BCUT2D eigenvalue weighted by molar-refractivity contribution is -0.0290. The largest absolute Gasteiger partial charge is 0.493 e. The van der Waals surface area contributed by atoms with Gasteiger partial charge in [-0.05, 0) is 37.1 Å². The van der Waals surface area contributed by atoms with E-state index in [1.807, 2.05) is 18.2 Å². The van der Waals surface area contributed by atoms with Crippen LogP contribution < -0.4 is 14.2 Å². The molecule has 0 aliphatic carbocycles. The maximum Gasteiger partial charge on any atom is 0.164 e. The van der Waals surface area contributed by atoms with Crippen molar-refractivity contribution in [1.29, 1.82) is 0 Å². The van der Waals surface area contributed by atoms with E-state index in [1.54, 1.807) is 26.4 Å². The summed E-state index contributed by atoms with van der Waals surface area (Å²) < 4.78 is 22.4. The molecule has 1 fully saturated rings. The first kappa shape index (κ1) is 19.6. The molecule has 27 heavy (non-hydrogen) atoms. The SMILES string of the molecule is CCCc1ccc(CN2CC[C@@H](Oc3ccc(OC)c(OC)c3)[C@H](O)C2)o1. The fourth-order valence-electron chi connectivity index (χ4n) is 3.43. The minimum Gasteiger partial charge on any atom is -0.493 e. The van der Waals surface area contributed by atoms with Gasteiger partial charge in [0.2, 0.25) is 0 Å². The van der Waals surface area contributed by atoms with Gasteiger partial charge in [-0.25, -0.2) is 0 Å². The highest BCUT2D eigenvalue weighted by atomic mass is 16.5. The molecule has 0 unspecified atom stereocenters. The fraction of sp³-hybridized carbons (Fsp3) is 0.524. The standard InChI is InChI=1S/C21H29NO5/c1-4-5-15-6-7-17(26-15)13-22-11-10-19(18(23)14-22)27-16-8-9-20(24-2)21(12-16)25-3/h6-9,12,18-19,23H,4-5,10-11,13-14H2,1-3H3/t18-,19-/m1/s1. The van der Waals surface area contributed by atoms with Gasteiger partial charge in [0.25, 0.3) is 0 Å². The molecule has 0 spiro atoms. The number of benzene rings is 1. The molecule has 1 aromatic carbocycles. The fourth-order valence-corrected chi connectivity index (χ4v) is 3.43. The van der Waals surface area contributed by atoms with Gasteiger partial charge in [-0.1, -0.05) is 6.92 Å². The number of piperidine rings is 1. The predicted octanol–water partition coefficient (Wildman–Crippen LogP) is 3.26. The normalized spacial score (nSPS) is 20.4. The average Bonchev–Trinajstić information content (AvgIpc) is 3.11. The number of furan rings is 1. The second-order valence-electron chi connectivity index (χ2n) is 6.88. The van der Waals surface area contributed by atoms with Gasteiger partial charge in [-0.3, -0.25) is 4.90 Å². The Kier molecular flexibility index (Phi) is 6.63. The maximum atomic E-state index is 10.5. The van der Waals surface area contributed by atoms with Crippen molar-refractivity contribution in [3.8, 4) is 17.2 Å². The number of β-amino-alcohol motifs (C(OH)–C–C–N with tert-alkyl or cyclic N) is 1. The van der Waals surface area contributed by atoms with Gasteiger partial charge in [0.05, 0.1) is 20.8 Å². The third-order valence-corrected chi connectivity index (χ3v) is 4.84. The van der Waals surface area contributed by atoms with Crippen LogP contribution in [0.1, 0.15) is 31.3 Å². The first-order valence-electron chi connectivity index (χ1n) is 9.49. The number of methoxy groups -OCH3 is 2. The van der Waals surface area contributed by atoms with Gasteiger partial charge in [-0.15, -0.1) is 0 Å². The molecule has 1 aromatic heterocycles. The zero-order chi connectivity index (χ0) is 19.2. The molecular weight excluding hydrogens is 346 g/mol. The molecular formula is C21H29NO5. The monoisotopic (exact) mass is 375 g/mol. The lowest BCUT2D eigenvalue weighted by atomic mass is 10.0. The molecule has 1 N–H and O–H groups in total. The smallest absolute Gasteiger partial charge is 0.164 e. The highest BCUT2D eigenvalue weighted by molar-refractivity contribution is 5.45. The summed E-state index contributed by atoms with van der Waals surface area (Å²) >= 11 is 0. The van der Waals surface area contributed by atoms with E-state index in [0.717, 1.165) is 37.3 Å². The summed E-state index contributed by atoms with van der Waals surface area (Å²) in [6.45, 7) is 4.26. The van der Waals surface area contributed by atoms with Gasteiger partial charge in [-0.2, -0.15) is 0 Å². The third kappa shape index (κ3) is 4.96. The first-order chi connectivity index (χ1) is 13.1. The Morgan fingerprint density at radius 3 is 2.59 bits per heavy atom. The van der Waals surface area contributed by atoms with E-state index >= 15 is 0 Å². The number of aliphatic hydroxyl groups excluding tert-OH is 1. The highest BCUT2D eigenvalue weighted by Crippen LogP contribution is 2.32. The molecule has 0 amide bonds. The Labute approximate surface area is 160 Å². The number of hydrogen-bond acceptors (Lipinski definition) is 6. The second-order valence-corrected chi connectivity index (χ2v) is 6.88. The zero-order valence-corrected chi connectivity index (χ0v) is 16.3. The van der Waals surface area contributed by atoms with Crippen molar-refractivity contribution in [3.63, 3.8) is 0 Å². The molecule has 1 aliphatic heterocycles. The van der Waals surface area contributed by atoms with Crippen LogP contribution >= 0.6 is 0 Å². The summed E-state index contributed by atoms with van der Waals surface area (Å²) in [7, 11) is 3.19. The third-order valence-electron chi connectivity index (χ3n) is 4.84. The van der Waals surface area contributed by atoms with E-state index in [-0.39, 0.29) is 6.10 Å². The average molecular weight is 375 g/mol. The number of hydrogen-bond donors (Lipinski definition) is 1. The van der Waals surface area contributed by atoms with E-state index in [2.05, 4.69) is 11.8 Å². The van der Waals surface area contributed by atoms with E-state index in [4.69, 9.17) is 18.6 Å². The van der Waals surface area contributed by atoms with Crippen LogP contribution in [0.2, 0.25) is 0 Å².